The first-order valence-electron chi connectivity index (χ1n) is 33.5. The molecule has 0 fully saturated rings. The first-order valence-corrected chi connectivity index (χ1v) is 33.5. The van der Waals surface area contributed by atoms with Crippen LogP contribution < -0.4 is 0 Å². The molecule has 6 nitrogen and oxygen atoms in total. The molecular formula is C69H128O6. The van der Waals surface area contributed by atoms with E-state index in [-0.39, 0.29) is 31.1 Å². The number of carbonyl (C=O) groups is 3. The molecule has 440 valence electrons. The normalized spacial score (nSPS) is 12.2. The molecule has 0 N–H and O–H groups in total. The lowest BCUT2D eigenvalue weighted by Crippen LogP contribution is -2.30. The molecule has 1 unspecified atom stereocenters. The van der Waals surface area contributed by atoms with Crippen molar-refractivity contribution in [3.63, 3.8) is 0 Å². The predicted molar refractivity (Wildman–Crippen MR) is 326 cm³/mol. The van der Waals surface area contributed by atoms with Crippen LogP contribution in [0, 0.1) is 0 Å². The van der Waals surface area contributed by atoms with Crippen LogP contribution in [0.5, 0.6) is 0 Å². The average Bonchev–Trinajstić information content (AvgIpc) is 3.41. The van der Waals surface area contributed by atoms with Gasteiger partial charge in [0.05, 0.1) is 0 Å². The first kappa shape index (κ1) is 72.6. The molecule has 0 amide bonds. The zero-order valence-electron chi connectivity index (χ0n) is 50.6. The van der Waals surface area contributed by atoms with E-state index in [1.807, 2.05) is 0 Å². The van der Waals surface area contributed by atoms with E-state index in [1.165, 1.54) is 263 Å². The molecule has 0 rings (SSSR count). The second-order valence-electron chi connectivity index (χ2n) is 22.7. The van der Waals surface area contributed by atoms with Crippen LogP contribution in [0.25, 0.3) is 0 Å². The zero-order chi connectivity index (χ0) is 54.3. The Balaban J connectivity index is 4.04. The second kappa shape index (κ2) is 64.2. The van der Waals surface area contributed by atoms with Crippen molar-refractivity contribution in [1.82, 2.24) is 0 Å². The van der Waals surface area contributed by atoms with Crippen molar-refractivity contribution in [1.29, 1.82) is 0 Å². The summed E-state index contributed by atoms with van der Waals surface area (Å²) in [5.74, 6) is -0.855. The maximum absolute atomic E-state index is 12.9. The molecule has 0 saturated heterocycles. The number of hydrogen-bond acceptors (Lipinski definition) is 6. The van der Waals surface area contributed by atoms with Crippen LogP contribution in [0.2, 0.25) is 0 Å². The molecule has 6 heteroatoms. The van der Waals surface area contributed by atoms with E-state index in [9.17, 15) is 14.4 Å². The van der Waals surface area contributed by atoms with E-state index in [0.29, 0.717) is 19.3 Å². The van der Waals surface area contributed by atoms with E-state index in [2.05, 4.69) is 57.2 Å². The molecule has 0 aromatic rings. The molecule has 1 atom stereocenters. The summed E-state index contributed by atoms with van der Waals surface area (Å²) in [5, 5.41) is 0. The highest BCUT2D eigenvalue weighted by atomic mass is 16.6. The summed E-state index contributed by atoms with van der Waals surface area (Å²) in [6.45, 7) is 6.65. The topological polar surface area (TPSA) is 78.9 Å². The maximum Gasteiger partial charge on any atom is 0.306 e. The van der Waals surface area contributed by atoms with Gasteiger partial charge in [-0.05, 0) is 77.0 Å². The van der Waals surface area contributed by atoms with Gasteiger partial charge in [-0.1, -0.05) is 308 Å². The van der Waals surface area contributed by atoms with Crippen LogP contribution >= 0.6 is 0 Å². The minimum Gasteiger partial charge on any atom is -0.462 e. The number of esters is 3. The van der Waals surface area contributed by atoms with Crippen LogP contribution in [0.15, 0.2) is 36.5 Å². The van der Waals surface area contributed by atoms with Gasteiger partial charge in [0.2, 0.25) is 0 Å². The second-order valence-corrected chi connectivity index (χ2v) is 22.7. The molecule has 0 bridgehead atoms. The van der Waals surface area contributed by atoms with Gasteiger partial charge in [0.25, 0.3) is 0 Å². The SMILES string of the molecule is CCCCCCC/C=C\C/C=C\CCCCCCCCCCCCCCCCCCCCCC(=O)OCC(COC(=O)CCCCCCCCCC)OC(=O)CCCCCCCCC/C=C\CCCCCCCCC. The Bertz CT molecular complexity index is 1250. The van der Waals surface area contributed by atoms with Gasteiger partial charge >= 0.3 is 17.9 Å². The van der Waals surface area contributed by atoms with Gasteiger partial charge in [0, 0.05) is 19.3 Å². The van der Waals surface area contributed by atoms with Crippen LogP contribution in [0.1, 0.15) is 367 Å². The van der Waals surface area contributed by atoms with Gasteiger partial charge in [-0.25, -0.2) is 0 Å². The molecule has 0 aliphatic rings. The fourth-order valence-electron chi connectivity index (χ4n) is 10.1. The van der Waals surface area contributed by atoms with Crippen molar-refractivity contribution in [3.8, 4) is 0 Å². The standard InChI is InChI=1S/C69H128O6/c1-4-7-10-13-16-19-21-23-25-27-29-30-31-32-33-34-35-36-37-38-39-40-41-43-44-46-48-50-53-56-59-62-68(71)74-65-66(64-73-67(70)61-58-55-52-18-15-12-9-6-3)75-69(72)63-60-57-54-51-49-47-45-42-28-26-24-22-20-17-14-11-8-5-2/h21,23,26-29,66H,4-20,22,24-25,30-65H2,1-3H3/b23-21-,28-26-,29-27-. The summed E-state index contributed by atoms with van der Waals surface area (Å²) in [4.78, 5) is 38.1. The van der Waals surface area contributed by atoms with E-state index in [1.54, 1.807) is 0 Å². The third kappa shape index (κ3) is 62.4. The van der Waals surface area contributed by atoms with Crippen molar-refractivity contribution in [2.75, 3.05) is 13.2 Å². The highest BCUT2D eigenvalue weighted by molar-refractivity contribution is 5.71. The Morgan fingerprint density at radius 2 is 0.480 bits per heavy atom. The number of carbonyl (C=O) groups excluding carboxylic acids is 3. The van der Waals surface area contributed by atoms with Crippen molar-refractivity contribution in [2.45, 2.75) is 374 Å². The quantitative estimate of drug-likeness (QED) is 0.0261. The third-order valence-corrected chi connectivity index (χ3v) is 15.1. The Hall–Kier alpha value is -2.37. The summed E-state index contributed by atoms with van der Waals surface area (Å²) < 4.78 is 16.9. The molecular weight excluding hydrogens is 925 g/mol. The minimum atomic E-state index is -0.769. The average molecular weight is 1050 g/mol. The highest BCUT2D eigenvalue weighted by Gasteiger charge is 2.19. The largest absolute Gasteiger partial charge is 0.462 e. The van der Waals surface area contributed by atoms with E-state index >= 15 is 0 Å². The zero-order valence-corrected chi connectivity index (χ0v) is 50.6. The Morgan fingerprint density at radius 1 is 0.267 bits per heavy atom. The number of ether oxygens (including phenoxy) is 3. The van der Waals surface area contributed by atoms with E-state index in [0.717, 1.165) is 64.2 Å². The molecule has 0 heterocycles. The van der Waals surface area contributed by atoms with E-state index < -0.39 is 6.10 Å². The molecule has 0 aromatic carbocycles. The van der Waals surface area contributed by atoms with Crippen molar-refractivity contribution in [2.24, 2.45) is 0 Å². The molecule has 75 heavy (non-hydrogen) atoms. The Labute approximate surface area is 467 Å². The van der Waals surface area contributed by atoms with Gasteiger partial charge < -0.3 is 14.2 Å². The van der Waals surface area contributed by atoms with Gasteiger partial charge in [-0.2, -0.15) is 0 Å². The maximum atomic E-state index is 12.9. The molecule has 0 radical (unpaired) electrons. The molecule has 0 aromatic heterocycles. The Morgan fingerprint density at radius 3 is 0.747 bits per heavy atom. The lowest BCUT2D eigenvalue weighted by molar-refractivity contribution is -0.167. The molecule has 0 spiro atoms. The highest BCUT2D eigenvalue weighted by Crippen LogP contribution is 2.18. The van der Waals surface area contributed by atoms with E-state index in [4.69, 9.17) is 14.2 Å². The van der Waals surface area contributed by atoms with Gasteiger partial charge in [-0.3, -0.25) is 14.4 Å². The van der Waals surface area contributed by atoms with Crippen molar-refractivity contribution < 1.29 is 28.6 Å². The summed E-state index contributed by atoms with van der Waals surface area (Å²) >= 11 is 0. The van der Waals surface area contributed by atoms with Crippen molar-refractivity contribution in [3.05, 3.63) is 36.5 Å². The van der Waals surface area contributed by atoms with Crippen LogP contribution in [-0.2, 0) is 28.6 Å². The van der Waals surface area contributed by atoms with Crippen LogP contribution in [0.3, 0.4) is 0 Å². The summed E-state index contributed by atoms with van der Waals surface area (Å²) in [5.41, 5.74) is 0. The van der Waals surface area contributed by atoms with Crippen LogP contribution in [-0.4, -0.2) is 37.2 Å². The predicted octanol–water partition coefficient (Wildman–Crippen LogP) is 22.8. The smallest absolute Gasteiger partial charge is 0.306 e. The fourth-order valence-corrected chi connectivity index (χ4v) is 10.1. The Kier molecular flexibility index (Phi) is 62.1. The van der Waals surface area contributed by atoms with Gasteiger partial charge in [0.1, 0.15) is 13.2 Å². The van der Waals surface area contributed by atoms with Crippen LogP contribution in [0.4, 0.5) is 0 Å². The van der Waals surface area contributed by atoms with Gasteiger partial charge in [-0.15, -0.1) is 0 Å². The fraction of sp³-hybridized carbons (Fsp3) is 0.870. The monoisotopic (exact) mass is 1050 g/mol. The lowest BCUT2D eigenvalue weighted by Gasteiger charge is -2.18. The molecule has 0 aliphatic carbocycles. The third-order valence-electron chi connectivity index (χ3n) is 15.1. The van der Waals surface area contributed by atoms with Crippen molar-refractivity contribution >= 4 is 17.9 Å². The molecule has 0 aliphatic heterocycles. The molecule has 0 saturated carbocycles. The minimum absolute atomic E-state index is 0.0687. The first-order chi connectivity index (χ1) is 37.0. The summed E-state index contributed by atoms with van der Waals surface area (Å²) in [6.07, 6.45) is 79.0. The summed E-state index contributed by atoms with van der Waals surface area (Å²) in [6, 6.07) is 0. The van der Waals surface area contributed by atoms with Gasteiger partial charge in [0.15, 0.2) is 6.10 Å². The number of unbranched alkanes of at least 4 members (excludes halogenated alkanes) is 45. The number of rotatable bonds is 62. The number of allylic oxidation sites excluding steroid dienone is 6. The summed E-state index contributed by atoms with van der Waals surface area (Å²) in [7, 11) is 0. The lowest BCUT2D eigenvalue weighted by atomic mass is 10.0. The number of hydrogen-bond donors (Lipinski definition) is 0.